The molecule has 2 heterocycles. The molecule has 0 saturated carbocycles. The van der Waals surface area contributed by atoms with E-state index in [2.05, 4.69) is 48.0 Å². The number of H-pyrrole nitrogens is 1. The van der Waals surface area contributed by atoms with Crippen molar-refractivity contribution in [2.75, 3.05) is 11.9 Å². The van der Waals surface area contributed by atoms with Crippen LogP contribution in [0.5, 0.6) is 0 Å². The molecule has 1 aromatic carbocycles. The van der Waals surface area contributed by atoms with E-state index in [1.54, 1.807) is 11.8 Å². The van der Waals surface area contributed by atoms with Crippen molar-refractivity contribution in [3.8, 4) is 0 Å². The number of pyridine rings is 1. The number of imidazole rings is 1. The minimum Gasteiger partial charge on any atom is -0.369 e. The molecule has 0 amide bonds. The van der Waals surface area contributed by atoms with Crippen LogP contribution in [-0.4, -0.2) is 21.5 Å². The van der Waals surface area contributed by atoms with Gasteiger partial charge in [0.25, 0.3) is 0 Å². The SMILES string of the molecule is Cc1c(Sc2nc3ccccc3[nH]2)ccnc1NCC(C)(C)C. The van der Waals surface area contributed by atoms with Gasteiger partial charge in [-0.25, -0.2) is 9.97 Å². The maximum atomic E-state index is 4.63. The highest BCUT2D eigenvalue weighted by Crippen LogP contribution is 2.32. The number of aromatic nitrogens is 3. The van der Waals surface area contributed by atoms with Crippen LogP contribution < -0.4 is 5.32 Å². The van der Waals surface area contributed by atoms with Crippen LogP contribution in [0.3, 0.4) is 0 Å². The lowest BCUT2D eigenvalue weighted by Crippen LogP contribution is -2.20. The van der Waals surface area contributed by atoms with Gasteiger partial charge < -0.3 is 10.3 Å². The summed E-state index contributed by atoms with van der Waals surface area (Å²) in [5, 5.41) is 4.36. The molecule has 0 saturated heterocycles. The molecule has 3 aromatic rings. The minimum atomic E-state index is 0.218. The molecule has 0 aliphatic rings. The maximum Gasteiger partial charge on any atom is 0.171 e. The van der Waals surface area contributed by atoms with Crippen LogP contribution in [0.25, 0.3) is 11.0 Å². The number of hydrogen-bond donors (Lipinski definition) is 2. The first kappa shape index (κ1) is 15.9. The fourth-order valence-electron chi connectivity index (χ4n) is 2.24. The Kier molecular flexibility index (Phi) is 4.31. The standard InChI is InChI=1S/C18H22N4S/c1-12-15(9-10-19-16(12)20-11-18(2,3)4)23-17-21-13-7-5-6-8-14(13)22-17/h5-10H,11H2,1-4H3,(H,19,20)(H,21,22). The smallest absolute Gasteiger partial charge is 0.171 e. The minimum absolute atomic E-state index is 0.218. The first-order chi connectivity index (χ1) is 10.9. The van der Waals surface area contributed by atoms with Gasteiger partial charge in [0, 0.05) is 23.2 Å². The van der Waals surface area contributed by atoms with Crippen LogP contribution in [0.2, 0.25) is 0 Å². The molecule has 5 heteroatoms. The topological polar surface area (TPSA) is 53.6 Å². The lowest BCUT2D eigenvalue weighted by atomic mass is 9.97. The van der Waals surface area contributed by atoms with Crippen molar-refractivity contribution in [2.24, 2.45) is 5.41 Å². The van der Waals surface area contributed by atoms with E-state index in [1.165, 1.54) is 0 Å². The molecule has 0 aliphatic heterocycles. The van der Waals surface area contributed by atoms with Gasteiger partial charge in [-0.2, -0.15) is 0 Å². The number of nitrogens with zero attached hydrogens (tertiary/aromatic N) is 2. The van der Waals surface area contributed by atoms with Crippen molar-refractivity contribution in [2.45, 2.75) is 37.7 Å². The van der Waals surface area contributed by atoms with Gasteiger partial charge in [-0.1, -0.05) is 44.7 Å². The molecule has 0 spiro atoms. The summed E-state index contributed by atoms with van der Waals surface area (Å²) < 4.78 is 0. The second kappa shape index (κ2) is 6.24. The second-order valence-electron chi connectivity index (χ2n) is 6.86. The van der Waals surface area contributed by atoms with Gasteiger partial charge in [0.2, 0.25) is 0 Å². The Hall–Kier alpha value is -2.01. The average molecular weight is 326 g/mol. The lowest BCUT2D eigenvalue weighted by Gasteiger charge is -2.20. The summed E-state index contributed by atoms with van der Waals surface area (Å²) in [5.74, 6) is 0.945. The van der Waals surface area contributed by atoms with Crippen molar-refractivity contribution in [1.82, 2.24) is 15.0 Å². The fraction of sp³-hybridized carbons (Fsp3) is 0.333. The van der Waals surface area contributed by atoms with Crippen molar-refractivity contribution in [3.63, 3.8) is 0 Å². The Morgan fingerprint density at radius 1 is 1.17 bits per heavy atom. The number of aromatic amines is 1. The van der Waals surface area contributed by atoms with Crippen LogP contribution in [0.4, 0.5) is 5.82 Å². The summed E-state index contributed by atoms with van der Waals surface area (Å²) in [6, 6.07) is 10.1. The molecule has 4 nitrogen and oxygen atoms in total. The number of benzene rings is 1. The van der Waals surface area contributed by atoms with Crippen LogP contribution >= 0.6 is 11.8 Å². The molecule has 23 heavy (non-hydrogen) atoms. The Balaban J connectivity index is 1.82. The van der Waals surface area contributed by atoms with Crippen LogP contribution in [0.15, 0.2) is 46.6 Å². The van der Waals surface area contributed by atoms with Gasteiger partial charge in [0.15, 0.2) is 5.16 Å². The summed E-state index contributed by atoms with van der Waals surface area (Å²) in [4.78, 5) is 13.6. The van der Waals surface area contributed by atoms with E-state index in [0.29, 0.717) is 0 Å². The normalized spacial score (nSPS) is 11.8. The molecule has 2 aromatic heterocycles. The van der Waals surface area contributed by atoms with Crippen LogP contribution in [0.1, 0.15) is 26.3 Å². The molecule has 0 bridgehead atoms. The lowest BCUT2D eigenvalue weighted by molar-refractivity contribution is 0.442. The Labute approximate surface area is 141 Å². The third-order valence-electron chi connectivity index (χ3n) is 3.51. The van der Waals surface area contributed by atoms with Gasteiger partial charge in [-0.3, -0.25) is 0 Å². The number of rotatable bonds is 4. The molecule has 0 radical (unpaired) electrons. The Morgan fingerprint density at radius 3 is 2.70 bits per heavy atom. The zero-order chi connectivity index (χ0) is 16.4. The molecule has 0 aliphatic carbocycles. The molecular formula is C18H22N4S. The van der Waals surface area contributed by atoms with Crippen molar-refractivity contribution < 1.29 is 0 Å². The van der Waals surface area contributed by atoms with Crippen molar-refractivity contribution in [1.29, 1.82) is 0 Å². The van der Waals surface area contributed by atoms with E-state index in [9.17, 15) is 0 Å². The number of para-hydroxylation sites is 2. The Morgan fingerprint density at radius 2 is 1.96 bits per heavy atom. The van der Waals surface area contributed by atoms with Crippen molar-refractivity contribution >= 4 is 28.6 Å². The second-order valence-corrected chi connectivity index (χ2v) is 7.89. The number of hydrogen-bond acceptors (Lipinski definition) is 4. The summed E-state index contributed by atoms with van der Waals surface area (Å²) in [7, 11) is 0. The third-order valence-corrected chi connectivity index (χ3v) is 4.56. The summed E-state index contributed by atoms with van der Waals surface area (Å²) >= 11 is 1.64. The van der Waals surface area contributed by atoms with E-state index in [-0.39, 0.29) is 5.41 Å². The predicted molar refractivity (Wildman–Crippen MR) is 97.1 cm³/mol. The number of nitrogens with one attached hydrogen (secondary N) is 2. The maximum absolute atomic E-state index is 4.63. The van der Waals surface area contributed by atoms with E-state index in [4.69, 9.17) is 0 Å². The molecule has 120 valence electrons. The van der Waals surface area contributed by atoms with Crippen LogP contribution in [0, 0.1) is 12.3 Å². The summed E-state index contributed by atoms with van der Waals surface area (Å²) in [6.45, 7) is 9.62. The summed E-state index contributed by atoms with van der Waals surface area (Å²) in [6.07, 6.45) is 1.85. The van der Waals surface area contributed by atoms with Gasteiger partial charge in [-0.05, 0) is 30.5 Å². The van der Waals surface area contributed by atoms with Gasteiger partial charge in [0.1, 0.15) is 5.82 Å². The zero-order valence-electron chi connectivity index (χ0n) is 14.0. The average Bonchev–Trinajstić information content (AvgIpc) is 2.89. The molecule has 0 fully saturated rings. The van der Waals surface area contributed by atoms with E-state index >= 15 is 0 Å². The molecule has 2 N–H and O–H groups in total. The van der Waals surface area contributed by atoms with E-state index in [0.717, 1.165) is 39.0 Å². The highest BCUT2D eigenvalue weighted by atomic mass is 32.2. The van der Waals surface area contributed by atoms with Gasteiger partial charge in [0.05, 0.1) is 11.0 Å². The number of anilines is 1. The van der Waals surface area contributed by atoms with Gasteiger partial charge >= 0.3 is 0 Å². The highest BCUT2D eigenvalue weighted by molar-refractivity contribution is 7.99. The first-order valence-corrected chi connectivity index (χ1v) is 8.56. The molecular weight excluding hydrogens is 304 g/mol. The first-order valence-electron chi connectivity index (χ1n) is 7.74. The van der Waals surface area contributed by atoms with Gasteiger partial charge in [-0.15, -0.1) is 0 Å². The molecule has 0 atom stereocenters. The van der Waals surface area contributed by atoms with E-state index in [1.807, 2.05) is 36.5 Å². The number of fused-ring (bicyclic) bond motifs is 1. The predicted octanol–water partition coefficient (Wildman–Crippen LogP) is 4.88. The van der Waals surface area contributed by atoms with Crippen molar-refractivity contribution in [3.05, 3.63) is 42.1 Å². The quantitative estimate of drug-likeness (QED) is 0.718. The molecule has 0 unspecified atom stereocenters. The zero-order valence-corrected chi connectivity index (χ0v) is 14.8. The highest BCUT2D eigenvalue weighted by Gasteiger charge is 2.13. The summed E-state index contributed by atoms with van der Waals surface area (Å²) in [5.41, 5.74) is 3.43. The third kappa shape index (κ3) is 3.85. The monoisotopic (exact) mass is 326 g/mol. The van der Waals surface area contributed by atoms with E-state index < -0.39 is 0 Å². The Bertz CT molecular complexity index is 784. The molecule has 3 rings (SSSR count). The fourth-order valence-corrected chi connectivity index (χ4v) is 3.13. The van der Waals surface area contributed by atoms with Crippen LogP contribution in [-0.2, 0) is 0 Å². The largest absolute Gasteiger partial charge is 0.369 e.